The number of hydrogen-bond acceptors (Lipinski definition) is 3. The zero-order valence-electron chi connectivity index (χ0n) is 11.4. The molecule has 0 unspecified atom stereocenters. The molecule has 0 radical (unpaired) electrons. The van der Waals surface area contributed by atoms with E-state index in [9.17, 15) is 9.90 Å². The van der Waals surface area contributed by atoms with Gasteiger partial charge in [0.25, 0.3) is 0 Å². The lowest BCUT2D eigenvalue weighted by Crippen LogP contribution is -2.57. The highest BCUT2D eigenvalue weighted by molar-refractivity contribution is 5.78. The molecule has 0 bridgehead atoms. The van der Waals surface area contributed by atoms with Gasteiger partial charge in [0.1, 0.15) is 0 Å². The van der Waals surface area contributed by atoms with Crippen LogP contribution in [0, 0.1) is 5.92 Å². The van der Waals surface area contributed by atoms with E-state index in [4.69, 9.17) is 5.73 Å². The molecule has 0 aromatic rings. The molecule has 18 heavy (non-hydrogen) atoms. The summed E-state index contributed by atoms with van der Waals surface area (Å²) in [7, 11) is 0. The summed E-state index contributed by atoms with van der Waals surface area (Å²) in [6.07, 6.45) is 7.36. The normalized spacial score (nSPS) is 34.7. The van der Waals surface area contributed by atoms with Crippen LogP contribution in [0.1, 0.15) is 58.3 Å². The first kappa shape index (κ1) is 13.8. The molecule has 2 rings (SSSR count). The van der Waals surface area contributed by atoms with Crippen molar-refractivity contribution in [1.29, 1.82) is 0 Å². The highest BCUT2D eigenvalue weighted by Gasteiger charge is 2.39. The van der Waals surface area contributed by atoms with Gasteiger partial charge in [-0.15, -0.1) is 0 Å². The fourth-order valence-corrected chi connectivity index (χ4v) is 3.10. The molecule has 0 aromatic heterocycles. The van der Waals surface area contributed by atoms with Crippen LogP contribution in [0.25, 0.3) is 0 Å². The number of amides is 1. The Labute approximate surface area is 109 Å². The molecule has 0 atom stereocenters. The third-order valence-electron chi connectivity index (χ3n) is 4.80. The maximum absolute atomic E-state index is 12.1. The van der Waals surface area contributed by atoms with Gasteiger partial charge < -0.3 is 16.2 Å². The standard InChI is InChI=1S/C14H26N2O2/c1-11-3-7-14(10-17,8-4-11)16-12(18)9-13(15)5-2-6-13/h11,17H,2-10,15H2,1H3,(H,16,18). The maximum atomic E-state index is 12.1. The van der Waals surface area contributed by atoms with Gasteiger partial charge >= 0.3 is 0 Å². The number of carbonyl (C=O) groups is 1. The summed E-state index contributed by atoms with van der Waals surface area (Å²) in [5, 5.41) is 12.7. The Morgan fingerprint density at radius 1 is 1.33 bits per heavy atom. The van der Waals surface area contributed by atoms with Crippen molar-refractivity contribution >= 4 is 5.91 Å². The lowest BCUT2D eigenvalue weighted by Gasteiger charge is -2.41. The molecule has 4 N–H and O–H groups in total. The third kappa shape index (κ3) is 3.04. The number of rotatable bonds is 4. The van der Waals surface area contributed by atoms with Crippen molar-refractivity contribution in [3.8, 4) is 0 Å². The van der Waals surface area contributed by atoms with Crippen LogP contribution in [0.3, 0.4) is 0 Å². The average molecular weight is 254 g/mol. The molecule has 1 amide bonds. The molecule has 2 aliphatic rings. The van der Waals surface area contributed by atoms with Crippen molar-refractivity contribution in [2.45, 2.75) is 69.4 Å². The fourth-order valence-electron chi connectivity index (χ4n) is 3.10. The molecule has 4 heteroatoms. The molecular weight excluding hydrogens is 228 g/mol. The van der Waals surface area contributed by atoms with Gasteiger partial charge in [0, 0.05) is 12.0 Å². The number of aliphatic hydroxyl groups is 1. The summed E-state index contributed by atoms with van der Waals surface area (Å²) in [6, 6.07) is 0. The second-order valence-corrected chi connectivity index (χ2v) is 6.56. The van der Waals surface area contributed by atoms with E-state index in [1.165, 1.54) is 0 Å². The van der Waals surface area contributed by atoms with Crippen LogP contribution in [-0.2, 0) is 4.79 Å². The smallest absolute Gasteiger partial charge is 0.222 e. The predicted octanol–water partition coefficient (Wildman–Crippen LogP) is 1.32. The summed E-state index contributed by atoms with van der Waals surface area (Å²) in [6.45, 7) is 2.27. The zero-order chi connectivity index (χ0) is 13.2. The van der Waals surface area contributed by atoms with Gasteiger partial charge in [0.05, 0.1) is 12.1 Å². The molecular formula is C14H26N2O2. The fraction of sp³-hybridized carbons (Fsp3) is 0.929. The summed E-state index contributed by atoms with van der Waals surface area (Å²) < 4.78 is 0. The second-order valence-electron chi connectivity index (χ2n) is 6.56. The molecule has 0 heterocycles. The lowest BCUT2D eigenvalue weighted by molar-refractivity contribution is -0.126. The summed E-state index contributed by atoms with van der Waals surface area (Å²) >= 11 is 0. The van der Waals surface area contributed by atoms with Crippen LogP contribution >= 0.6 is 0 Å². The average Bonchev–Trinajstić information content (AvgIpc) is 2.30. The van der Waals surface area contributed by atoms with E-state index in [1.807, 2.05) is 0 Å². The zero-order valence-corrected chi connectivity index (χ0v) is 11.4. The number of aliphatic hydroxyl groups excluding tert-OH is 1. The van der Waals surface area contributed by atoms with Crippen LogP contribution in [0.4, 0.5) is 0 Å². The molecule has 0 spiro atoms. The van der Waals surface area contributed by atoms with Crippen molar-refractivity contribution in [3.05, 3.63) is 0 Å². The van der Waals surface area contributed by atoms with Crippen LogP contribution in [0.5, 0.6) is 0 Å². The number of carbonyl (C=O) groups excluding carboxylic acids is 1. The van der Waals surface area contributed by atoms with Crippen LogP contribution in [0.2, 0.25) is 0 Å². The van der Waals surface area contributed by atoms with E-state index in [2.05, 4.69) is 12.2 Å². The quantitative estimate of drug-likeness (QED) is 0.708. The van der Waals surface area contributed by atoms with Gasteiger partial charge in [0.15, 0.2) is 0 Å². The van der Waals surface area contributed by atoms with E-state index in [1.54, 1.807) is 0 Å². The number of nitrogens with one attached hydrogen (secondary N) is 1. The van der Waals surface area contributed by atoms with Gasteiger partial charge in [-0.05, 0) is 50.9 Å². The minimum atomic E-state index is -0.385. The molecule has 2 aliphatic carbocycles. The lowest BCUT2D eigenvalue weighted by atomic mass is 9.74. The second kappa shape index (κ2) is 5.17. The molecule has 0 saturated heterocycles. The van der Waals surface area contributed by atoms with Gasteiger partial charge in [-0.3, -0.25) is 4.79 Å². The molecule has 104 valence electrons. The van der Waals surface area contributed by atoms with Gasteiger partial charge in [0.2, 0.25) is 5.91 Å². The monoisotopic (exact) mass is 254 g/mol. The van der Waals surface area contributed by atoms with Gasteiger partial charge in [-0.2, -0.15) is 0 Å². The first-order valence-electron chi connectivity index (χ1n) is 7.18. The minimum absolute atomic E-state index is 0.0146. The SMILES string of the molecule is CC1CCC(CO)(NC(=O)CC2(N)CCC2)CC1. The topological polar surface area (TPSA) is 75.3 Å². The first-order chi connectivity index (χ1) is 8.47. The molecule has 0 aromatic carbocycles. The third-order valence-corrected chi connectivity index (χ3v) is 4.80. The van der Waals surface area contributed by atoms with Crippen molar-refractivity contribution < 1.29 is 9.90 Å². The van der Waals surface area contributed by atoms with Gasteiger partial charge in [-0.25, -0.2) is 0 Å². The Morgan fingerprint density at radius 2 is 1.94 bits per heavy atom. The molecule has 0 aliphatic heterocycles. The Kier molecular flexibility index (Phi) is 3.97. The Hall–Kier alpha value is -0.610. The van der Waals surface area contributed by atoms with Gasteiger partial charge in [-0.1, -0.05) is 6.92 Å². The van der Waals surface area contributed by atoms with Crippen LogP contribution in [-0.4, -0.2) is 28.7 Å². The predicted molar refractivity (Wildman–Crippen MR) is 71.0 cm³/mol. The van der Waals surface area contributed by atoms with E-state index in [0.717, 1.165) is 44.9 Å². The van der Waals surface area contributed by atoms with E-state index < -0.39 is 0 Å². The Bertz CT molecular complexity index is 305. The van der Waals surface area contributed by atoms with Crippen molar-refractivity contribution in [2.24, 2.45) is 11.7 Å². The number of nitrogens with two attached hydrogens (primary N) is 1. The van der Waals surface area contributed by atoms with E-state index in [-0.39, 0.29) is 23.6 Å². The first-order valence-corrected chi connectivity index (χ1v) is 7.18. The summed E-state index contributed by atoms with van der Waals surface area (Å²) in [5.74, 6) is 0.717. The summed E-state index contributed by atoms with van der Waals surface area (Å²) in [4.78, 5) is 12.1. The Morgan fingerprint density at radius 3 is 2.39 bits per heavy atom. The highest BCUT2D eigenvalue weighted by Crippen LogP contribution is 2.34. The molecule has 2 fully saturated rings. The van der Waals surface area contributed by atoms with Crippen molar-refractivity contribution in [1.82, 2.24) is 5.32 Å². The van der Waals surface area contributed by atoms with Crippen LogP contribution < -0.4 is 11.1 Å². The largest absolute Gasteiger partial charge is 0.394 e. The highest BCUT2D eigenvalue weighted by atomic mass is 16.3. The Balaban J connectivity index is 1.87. The van der Waals surface area contributed by atoms with E-state index >= 15 is 0 Å². The summed E-state index contributed by atoms with van der Waals surface area (Å²) in [5.41, 5.74) is 5.43. The number of hydrogen-bond donors (Lipinski definition) is 3. The minimum Gasteiger partial charge on any atom is -0.394 e. The molecule has 4 nitrogen and oxygen atoms in total. The molecule has 2 saturated carbocycles. The van der Waals surface area contributed by atoms with Crippen LogP contribution in [0.15, 0.2) is 0 Å². The van der Waals surface area contributed by atoms with Crippen molar-refractivity contribution in [3.63, 3.8) is 0 Å². The van der Waals surface area contributed by atoms with E-state index in [0.29, 0.717) is 12.3 Å². The van der Waals surface area contributed by atoms with Crippen molar-refractivity contribution in [2.75, 3.05) is 6.61 Å². The maximum Gasteiger partial charge on any atom is 0.222 e.